The van der Waals surface area contributed by atoms with Crippen LogP contribution in [0.25, 0.3) is 21.7 Å². The van der Waals surface area contributed by atoms with Crippen molar-refractivity contribution in [2.45, 2.75) is 13.5 Å². The molecule has 0 atom stereocenters. The van der Waals surface area contributed by atoms with Gasteiger partial charge in [-0.2, -0.15) is 4.98 Å². The summed E-state index contributed by atoms with van der Waals surface area (Å²) in [7, 11) is 0. The van der Waals surface area contributed by atoms with Crippen LogP contribution in [0.1, 0.15) is 22.0 Å². The molecule has 9 heteroatoms. The lowest BCUT2D eigenvalue weighted by atomic mass is 10.2. The third-order valence-corrected chi connectivity index (χ3v) is 4.11. The van der Waals surface area contributed by atoms with Crippen molar-refractivity contribution in [2.24, 2.45) is 0 Å². The minimum atomic E-state index is -0.220. The molecule has 4 rings (SSSR count). The molecule has 4 aromatic rings. The van der Waals surface area contributed by atoms with Crippen LogP contribution in [-0.2, 0) is 6.54 Å². The highest BCUT2D eigenvalue weighted by Crippen LogP contribution is 2.19. The molecular weight excluding hydrogens is 330 g/mol. The van der Waals surface area contributed by atoms with E-state index in [1.807, 2.05) is 6.07 Å². The molecule has 0 aliphatic carbocycles. The van der Waals surface area contributed by atoms with E-state index in [1.165, 1.54) is 11.3 Å². The van der Waals surface area contributed by atoms with Gasteiger partial charge in [-0.05, 0) is 25.1 Å². The van der Waals surface area contributed by atoms with E-state index in [-0.39, 0.29) is 18.3 Å². The Bertz CT molecular complexity index is 1020. The maximum atomic E-state index is 12.2. The zero-order valence-corrected chi connectivity index (χ0v) is 13.3. The van der Waals surface area contributed by atoms with Crippen molar-refractivity contribution < 1.29 is 13.8 Å². The summed E-state index contributed by atoms with van der Waals surface area (Å²) in [5.41, 5.74) is 3.67. The smallest absolute Gasteiger partial charge is 0.251 e. The maximum Gasteiger partial charge on any atom is 0.251 e. The zero-order valence-electron chi connectivity index (χ0n) is 12.5. The van der Waals surface area contributed by atoms with Crippen LogP contribution in [0.15, 0.2) is 38.8 Å². The number of carbonyl (C=O) groups excluding carboxylic acids is 1. The number of carbonyl (C=O) groups is 1. The number of rotatable bonds is 4. The van der Waals surface area contributed by atoms with Crippen LogP contribution in [-0.4, -0.2) is 26.2 Å². The number of aromatic nitrogens is 4. The SMILES string of the molecule is Cc1cc(-c2noc(CNC(=O)c3ccc4ncsc4c3)n2)no1. The lowest BCUT2D eigenvalue weighted by Gasteiger charge is -2.02. The van der Waals surface area contributed by atoms with Crippen LogP contribution in [0, 0.1) is 6.92 Å². The summed E-state index contributed by atoms with van der Waals surface area (Å²) in [4.78, 5) is 20.6. The molecule has 0 aliphatic rings. The van der Waals surface area contributed by atoms with E-state index in [9.17, 15) is 4.79 Å². The van der Waals surface area contributed by atoms with Gasteiger partial charge in [0.25, 0.3) is 5.91 Å². The molecule has 0 radical (unpaired) electrons. The van der Waals surface area contributed by atoms with E-state index in [0.717, 1.165) is 10.2 Å². The topological polar surface area (TPSA) is 107 Å². The van der Waals surface area contributed by atoms with Gasteiger partial charge in [0, 0.05) is 11.6 Å². The van der Waals surface area contributed by atoms with Crippen LogP contribution in [0.4, 0.5) is 0 Å². The molecule has 0 saturated heterocycles. The molecule has 0 aliphatic heterocycles. The number of hydrogen-bond acceptors (Lipinski definition) is 8. The number of nitrogens with zero attached hydrogens (tertiary/aromatic N) is 4. The Morgan fingerprint density at radius 2 is 2.17 bits per heavy atom. The van der Waals surface area contributed by atoms with Gasteiger partial charge in [-0.25, -0.2) is 4.98 Å². The first-order valence-electron chi connectivity index (χ1n) is 7.07. The number of fused-ring (bicyclic) bond motifs is 1. The number of thiazole rings is 1. The molecule has 0 spiro atoms. The Balaban J connectivity index is 1.44. The van der Waals surface area contributed by atoms with Crippen molar-refractivity contribution in [3.05, 3.63) is 47.0 Å². The van der Waals surface area contributed by atoms with Gasteiger partial charge in [-0.15, -0.1) is 11.3 Å². The predicted octanol–water partition coefficient (Wildman–Crippen LogP) is 2.57. The Hall–Kier alpha value is -3.07. The predicted molar refractivity (Wildman–Crippen MR) is 85.3 cm³/mol. The van der Waals surface area contributed by atoms with Gasteiger partial charge in [-0.3, -0.25) is 4.79 Å². The molecule has 0 fully saturated rings. The van der Waals surface area contributed by atoms with Gasteiger partial charge in [0.2, 0.25) is 11.7 Å². The molecule has 0 saturated carbocycles. The van der Waals surface area contributed by atoms with Crippen LogP contribution in [0.2, 0.25) is 0 Å². The summed E-state index contributed by atoms with van der Waals surface area (Å²) >= 11 is 1.49. The molecule has 120 valence electrons. The second-order valence-corrected chi connectivity index (χ2v) is 5.94. The molecule has 3 heterocycles. The number of benzene rings is 1. The molecule has 3 aromatic heterocycles. The molecule has 0 unspecified atom stereocenters. The van der Waals surface area contributed by atoms with Crippen LogP contribution in [0.3, 0.4) is 0 Å². The fraction of sp³-hybridized carbons (Fsp3) is 0.133. The third kappa shape index (κ3) is 2.76. The highest BCUT2D eigenvalue weighted by atomic mass is 32.1. The summed E-state index contributed by atoms with van der Waals surface area (Å²) in [6.45, 7) is 1.90. The van der Waals surface area contributed by atoms with Gasteiger partial charge >= 0.3 is 0 Å². The average Bonchev–Trinajstić information content (AvgIpc) is 3.31. The summed E-state index contributed by atoms with van der Waals surface area (Å²) < 4.78 is 11.0. The molecule has 8 nitrogen and oxygen atoms in total. The molecular formula is C15H11N5O3S. The van der Waals surface area contributed by atoms with Crippen molar-refractivity contribution in [3.8, 4) is 11.5 Å². The van der Waals surface area contributed by atoms with Crippen LogP contribution >= 0.6 is 11.3 Å². The molecule has 1 N–H and O–H groups in total. The minimum absolute atomic E-state index is 0.128. The second-order valence-electron chi connectivity index (χ2n) is 5.05. The summed E-state index contributed by atoms with van der Waals surface area (Å²) in [5, 5.41) is 10.4. The third-order valence-electron chi connectivity index (χ3n) is 3.32. The molecule has 0 bridgehead atoms. The fourth-order valence-electron chi connectivity index (χ4n) is 2.16. The normalized spacial score (nSPS) is 11.0. The van der Waals surface area contributed by atoms with E-state index < -0.39 is 0 Å². The summed E-state index contributed by atoms with van der Waals surface area (Å²) in [5.74, 6) is 1.05. The van der Waals surface area contributed by atoms with Gasteiger partial charge in [0.1, 0.15) is 5.76 Å². The van der Waals surface area contributed by atoms with E-state index in [4.69, 9.17) is 9.05 Å². The summed E-state index contributed by atoms with van der Waals surface area (Å²) in [6.07, 6.45) is 0. The molecule has 24 heavy (non-hydrogen) atoms. The molecule has 1 amide bonds. The van der Waals surface area contributed by atoms with Gasteiger partial charge in [0.15, 0.2) is 5.69 Å². The number of hydrogen-bond donors (Lipinski definition) is 1. The Morgan fingerprint density at radius 1 is 1.25 bits per heavy atom. The minimum Gasteiger partial charge on any atom is -0.361 e. The lowest BCUT2D eigenvalue weighted by molar-refractivity contribution is 0.0946. The van der Waals surface area contributed by atoms with Crippen molar-refractivity contribution in [2.75, 3.05) is 0 Å². The summed E-state index contributed by atoms with van der Waals surface area (Å²) in [6, 6.07) is 7.06. The van der Waals surface area contributed by atoms with Crippen molar-refractivity contribution in [1.29, 1.82) is 0 Å². The largest absolute Gasteiger partial charge is 0.361 e. The van der Waals surface area contributed by atoms with Gasteiger partial charge < -0.3 is 14.4 Å². The monoisotopic (exact) mass is 341 g/mol. The maximum absolute atomic E-state index is 12.2. The van der Waals surface area contributed by atoms with E-state index in [1.54, 1.807) is 30.6 Å². The Labute approximate surface area is 139 Å². The van der Waals surface area contributed by atoms with E-state index in [0.29, 0.717) is 22.8 Å². The number of nitrogens with one attached hydrogen (secondary N) is 1. The second kappa shape index (κ2) is 5.85. The number of amides is 1. The van der Waals surface area contributed by atoms with E-state index >= 15 is 0 Å². The van der Waals surface area contributed by atoms with Gasteiger partial charge in [-0.1, -0.05) is 10.3 Å². The van der Waals surface area contributed by atoms with Crippen LogP contribution in [0.5, 0.6) is 0 Å². The van der Waals surface area contributed by atoms with E-state index in [2.05, 4.69) is 25.6 Å². The first kappa shape index (κ1) is 14.5. The highest BCUT2D eigenvalue weighted by molar-refractivity contribution is 7.16. The first-order valence-corrected chi connectivity index (χ1v) is 7.95. The van der Waals surface area contributed by atoms with Crippen LogP contribution < -0.4 is 5.32 Å². The van der Waals surface area contributed by atoms with Crippen molar-refractivity contribution >= 4 is 27.5 Å². The first-order chi connectivity index (χ1) is 11.7. The quantitative estimate of drug-likeness (QED) is 0.608. The zero-order chi connectivity index (χ0) is 16.5. The van der Waals surface area contributed by atoms with Gasteiger partial charge in [0.05, 0.1) is 22.3 Å². The number of aryl methyl sites for hydroxylation is 1. The van der Waals surface area contributed by atoms with Crippen molar-refractivity contribution in [1.82, 2.24) is 25.6 Å². The average molecular weight is 341 g/mol. The fourth-order valence-corrected chi connectivity index (χ4v) is 2.87. The highest BCUT2D eigenvalue weighted by Gasteiger charge is 2.14. The molecule has 1 aromatic carbocycles. The lowest BCUT2D eigenvalue weighted by Crippen LogP contribution is -2.22. The standard InChI is InChI=1S/C15H11N5O3S/c1-8-4-11(19-22-8)14-18-13(23-20-14)6-16-15(21)9-2-3-10-12(5-9)24-7-17-10/h2-5,7H,6H2,1H3,(H,16,21). The van der Waals surface area contributed by atoms with Crippen molar-refractivity contribution in [3.63, 3.8) is 0 Å². The Kier molecular flexibility index (Phi) is 3.54. The Morgan fingerprint density at radius 3 is 3.00 bits per heavy atom.